The summed E-state index contributed by atoms with van der Waals surface area (Å²) in [5, 5.41) is 18.5. The molecule has 0 aliphatic heterocycles. The Kier molecular flexibility index (Phi) is 4.09. The first-order chi connectivity index (χ1) is 10.6. The van der Waals surface area contributed by atoms with Crippen molar-refractivity contribution in [2.24, 2.45) is 0 Å². The number of aryl methyl sites for hydroxylation is 1. The van der Waals surface area contributed by atoms with Crippen LogP contribution >= 0.6 is 0 Å². The second-order valence-electron chi connectivity index (χ2n) is 5.67. The SMILES string of the molecule is O=C(O)Bc1ccc(Cc2nc(O)nc3c2CCCC3)cc1. The van der Waals surface area contributed by atoms with Gasteiger partial charge in [-0.15, -0.1) is 0 Å². The number of hydrogen-bond donors (Lipinski definition) is 2. The van der Waals surface area contributed by atoms with E-state index in [9.17, 15) is 9.90 Å². The van der Waals surface area contributed by atoms with E-state index in [1.54, 1.807) is 0 Å². The van der Waals surface area contributed by atoms with Gasteiger partial charge in [-0.3, -0.25) is 4.79 Å². The number of hydrogen-bond acceptors (Lipinski definition) is 4. The Labute approximate surface area is 129 Å². The van der Waals surface area contributed by atoms with Crippen LogP contribution in [0.15, 0.2) is 24.3 Å². The molecule has 1 aliphatic rings. The van der Waals surface area contributed by atoms with Gasteiger partial charge in [-0.05, 0) is 36.8 Å². The summed E-state index contributed by atoms with van der Waals surface area (Å²) >= 11 is 0. The van der Waals surface area contributed by atoms with Crippen molar-refractivity contribution in [3.8, 4) is 6.01 Å². The van der Waals surface area contributed by atoms with E-state index in [4.69, 9.17) is 5.11 Å². The van der Waals surface area contributed by atoms with Gasteiger partial charge in [0, 0.05) is 6.42 Å². The first kappa shape index (κ1) is 14.6. The summed E-state index contributed by atoms with van der Waals surface area (Å²) in [6.07, 6.45) is 4.72. The quantitative estimate of drug-likeness (QED) is 0.833. The summed E-state index contributed by atoms with van der Waals surface area (Å²) in [6.45, 7) is 0. The standard InChI is InChI=1S/C16H17BN2O3/c20-15(21)17-11-7-5-10(6-8-11)9-14-12-3-1-2-4-13(12)18-16(22)19-14/h5-8,17H,1-4,9H2,(H,20,21)(H,18,19,22). The number of benzene rings is 1. The Morgan fingerprint density at radius 3 is 2.59 bits per heavy atom. The molecule has 112 valence electrons. The van der Waals surface area contributed by atoms with Crippen LogP contribution < -0.4 is 5.46 Å². The molecule has 2 N–H and O–H groups in total. The zero-order chi connectivity index (χ0) is 15.5. The van der Waals surface area contributed by atoms with Gasteiger partial charge in [0.1, 0.15) is 0 Å². The molecule has 0 atom stereocenters. The van der Waals surface area contributed by atoms with Gasteiger partial charge in [0.05, 0.1) is 11.4 Å². The molecule has 0 unspecified atom stereocenters. The first-order valence-electron chi connectivity index (χ1n) is 7.49. The van der Waals surface area contributed by atoms with Gasteiger partial charge in [0.25, 0.3) is 13.1 Å². The normalized spacial score (nSPS) is 13.5. The van der Waals surface area contributed by atoms with Gasteiger partial charge >= 0.3 is 6.01 Å². The third-order valence-electron chi connectivity index (χ3n) is 4.01. The molecule has 1 heterocycles. The minimum Gasteiger partial charge on any atom is -0.489 e. The molecule has 1 aromatic heterocycles. The highest BCUT2D eigenvalue weighted by molar-refractivity contribution is 6.82. The summed E-state index contributed by atoms with van der Waals surface area (Å²) in [6, 6.07) is 7.35. The Hall–Kier alpha value is -2.37. The number of aromatic nitrogens is 2. The van der Waals surface area contributed by atoms with Gasteiger partial charge in [-0.2, -0.15) is 4.98 Å². The van der Waals surface area contributed by atoms with Crippen LogP contribution in [0.4, 0.5) is 4.79 Å². The molecule has 0 bridgehead atoms. The van der Waals surface area contributed by atoms with Crippen molar-refractivity contribution < 1.29 is 15.0 Å². The van der Waals surface area contributed by atoms with Crippen molar-refractivity contribution in [2.45, 2.75) is 32.1 Å². The highest BCUT2D eigenvalue weighted by atomic mass is 16.4. The Morgan fingerprint density at radius 2 is 1.86 bits per heavy atom. The molecule has 0 radical (unpaired) electrons. The second-order valence-corrected chi connectivity index (χ2v) is 5.67. The van der Waals surface area contributed by atoms with E-state index in [2.05, 4.69) is 9.97 Å². The lowest BCUT2D eigenvalue weighted by atomic mass is 9.70. The maximum absolute atomic E-state index is 10.7. The summed E-state index contributed by atoms with van der Waals surface area (Å²) < 4.78 is 0. The van der Waals surface area contributed by atoms with Crippen LogP contribution in [0.3, 0.4) is 0 Å². The van der Waals surface area contributed by atoms with Gasteiger partial charge in [0.2, 0.25) is 0 Å². The number of aromatic hydroxyl groups is 1. The number of rotatable bonds is 4. The number of nitrogens with zero attached hydrogens (tertiary/aromatic N) is 2. The predicted molar refractivity (Wildman–Crippen MR) is 84.4 cm³/mol. The minimum absolute atomic E-state index is 0.0317. The van der Waals surface area contributed by atoms with Gasteiger partial charge in [0.15, 0.2) is 0 Å². The fraction of sp³-hybridized carbons (Fsp3) is 0.312. The van der Waals surface area contributed by atoms with Gasteiger partial charge in [-0.25, -0.2) is 4.98 Å². The van der Waals surface area contributed by atoms with Crippen molar-refractivity contribution in [1.29, 1.82) is 0 Å². The summed E-state index contributed by atoms with van der Waals surface area (Å²) in [7, 11) is 0.0317. The van der Waals surface area contributed by atoms with E-state index < -0.39 is 5.87 Å². The predicted octanol–water partition coefficient (Wildman–Crippen LogP) is 1.39. The zero-order valence-electron chi connectivity index (χ0n) is 12.2. The summed E-state index contributed by atoms with van der Waals surface area (Å²) in [5.74, 6) is -0.831. The fourth-order valence-electron chi connectivity index (χ4n) is 2.95. The van der Waals surface area contributed by atoms with E-state index in [1.807, 2.05) is 24.3 Å². The molecular formula is C16H17BN2O3. The zero-order valence-corrected chi connectivity index (χ0v) is 12.2. The molecule has 0 saturated carbocycles. The monoisotopic (exact) mass is 296 g/mol. The topological polar surface area (TPSA) is 83.3 Å². The van der Waals surface area contributed by atoms with Gasteiger partial charge in [-0.1, -0.05) is 29.7 Å². The van der Waals surface area contributed by atoms with Crippen LogP contribution in [0.5, 0.6) is 6.01 Å². The molecule has 3 rings (SSSR count). The maximum Gasteiger partial charge on any atom is 0.314 e. The fourth-order valence-corrected chi connectivity index (χ4v) is 2.95. The molecule has 0 saturated heterocycles. The molecule has 0 fully saturated rings. The first-order valence-corrected chi connectivity index (χ1v) is 7.49. The number of fused-ring (bicyclic) bond motifs is 1. The van der Waals surface area contributed by atoms with Crippen molar-refractivity contribution in [1.82, 2.24) is 9.97 Å². The second kappa shape index (κ2) is 6.18. The molecule has 1 aromatic carbocycles. The smallest absolute Gasteiger partial charge is 0.314 e. The Balaban J connectivity index is 1.83. The van der Waals surface area contributed by atoms with Crippen molar-refractivity contribution in [3.63, 3.8) is 0 Å². The van der Waals surface area contributed by atoms with Crippen LogP contribution in [0, 0.1) is 0 Å². The molecule has 0 amide bonds. The molecule has 22 heavy (non-hydrogen) atoms. The number of carboxylic acid groups (broad SMARTS) is 1. The highest BCUT2D eigenvalue weighted by Gasteiger charge is 2.17. The lowest BCUT2D eigenvalue weighted by Gasteiger charge is -2.18. The average Bonchev–Trinajstić information content (AvgIpc) is 2.48. The molecule has 2 aromatic rings. The van der Waals surface area contributed by atoms with Crippen LogP contribution in [-0.2, 0) is 19.3 Å². The van der Waals surface area contributed by atoms with E-state index in [1.165, 1.54) is 5.56 Å². The van der Waals surface area contributed by atoms with Crippen LogP contribution in [-0.4, -0.2) is 33.3 Å². The van der Waals surface area contributed by atoms with E-state index >= 15 is 0 Å². The van der Waals surface area contributed by atoms with Crippen LogP contribution in [0.1, 0.15) is 35.4 Å². The summed E-state index contributed by atoms with van der Waals surface area (Å²) in [4.78, 5) is 19.0. The van der Waals surface area contributed by atoms with Crippen molar-refractivity contribution in [3.05, 3.63) is 46.8 Å². The lowest BCUT2D eigenvalue weighted by Crippen LogP contribution is -2.21. The van der Waals surface area contributed by atoms with Crippen molar-refractivity contribution in [2.75, 3.05) is 0 Å². The van der Waals surface area contributed by atoms with E-state index in [0.717, 1.165) is 48.1 Å². The molecule has 5 nitrogen and oxygen atoms in total. The maximum atomic E-state index is 10.7. The molecule has 1 aliphatic carbocycles. The lowest BCUT2D eigenvalue weighted by molar-refractivity contribution is 0.220. The third-order valence-corrected chi connectivity index (χ3v) is 4.01. The highest BCUT2D eigenvalue weighted by Crippen LogP contribution is 2.25. The van der Waals surface area contributed by atoms with E-state index in [-0.39, 0.29) is 13.3 Å². The minimum atomic E-state index is -0.831. The van der Waals surface area contributed by atoms with Crippen molar-refractivity contribution >= 4 is 18.6 Å². The Morgan fingerprint density at radius 1 is 1.14 bits per heavy atom. The Bertz CT molecular complexity index is 701. The summed E-state index contributed by atoms with van der Waals surface area (Å²) in [5.41, 5.74) is 4.85. The number of carbonyl (C=O) groups is 1. The van der Waals surface area contributed by atoms with E-state index in [0.29, 0.717) is 6.42 Å². The molecular weight excluding hydrogens is 279 g/mol. The third kappa shape index (κ3) is 3.27. The molecule has 6 heteroatoms. The largest absolute Gasteiger partial charge is 0.489 e. The average molecular weight is 296 g/mol. The molecule has 0 spiro atoms. The van der Waals surface area contributed by atoms with Crippen LogP contribution in [0.2, 0.25) is 0 Å². The van der Waals surface area contributed by atoms with Gasteiger partial charge < -0.3 is 10.2 Å². The van der Waals surface area contributed by atoms with Crippen LogP contribution in [0.25, 0.3) is 0 Å².